The maximum atomic E-state index is 6.11. The van der Waals surface area contributed by atoms with Crippen molar-refractivity contribution in [2.75, 3.05) is 0 Å². The van der Waals surface area contributed by atoms with Gasteiger partial charge in [0, 0.05) is 10.8 Å². The summed E-state index contributed by atoms with van der Waals surface area (Å²) in [6.45, 7) is 2.30. The van der Waals surface area contributed by atoms with Crippen LogP contribution in [0.15, 0.2) is 71.1 Å². The highest BCUT2D eigenvalue weighted by molar-refractivity contribution is 6.23. The summed E-state index contributed by atoms with van der Waals surface area (Å²) < 4.78 is 6.11. The first-order valence-corrected chi connectivity index (χ1v) is 15.6. The summed E-state index contributed by atoms with van der Waals surface area (Å²) in [5.74, 6) is 0. The minimum Gasteiger partial charge on any atom is -0.456 e. The lowest BCUT2D eigenvalue weighted by molar-refractivity contribution is 0.532. The molecule has 4 aromatic carbocycles. The average molecular weight is 507 g/mol. The van der Waals surface area contributed by atoms with Crippen LogP contribution in [-0.2, 0) is 6.42 Å². The molecule has 0 aliphatic rings. The van der Waals surface area contributed by atoms with Gasteiger partial charge in [-0.2, -0.15) is 0 Å². The fourth-order valence-electron chi connectivity index (χ4n) is 6.28. The molecular weight excluding hydrogens is 460 g/mol. The van der Waals surface area contributed by atoms with Gasteiger partial charge < -0.3 is 4.42 Å². The molecule has 5 rings (SSSR count). The number of hydrogen-bond acceptors (Lipinski definition) is 1. The molecule has 0 fully saturated rings. The van der Waals surface area contributed by atoms with Gasteiger partial charge in [-0.1, -0.05) is 151 Å². The molecular formula is C37H46O. The van der Waals surface area contributed by atoms with Gasteiger partial charge in [0.25, 0.3) is 0 Å². The van der Waals surface area contributed by atoms with E-state index in [4.69, 9.17) is 4.42 Å². The number of benzene rings is 4. The lowest BCUT2D eigenvalue weighted by atomic mass is 9.96. The third-order valence-electron chi connectivity index (χ3n) is 8.49. The Balaban J connectivity index is 1.05. The fraction of sp³-hybridized carbons (Fsp3) is 0.459. The molecule has 0 unspecified atom stereocenters. The van der Waals surface area contributed by atoms with E-state index < -0.39 is 0 Å². The van der Waals surface area contributed by atoms with E-state index in [1.807, 2.05) is 6.07 Å². The van der Waals surface area contributed by atoms with E-state index in [0.29, 0.717) is 0 Å². The molecule has 5 aromatic rings. The average Bonchev–Trinajstić information content (AvgIpc) is 3.34. The smallest absolute Gasteiger partial charge is 0.136 e. The SMILES string of the molecule is CCCCCCCCCCCCCCCCCc1ccc2c(ccc3c2ccc2oc4ccccc4c23)c1. The van der Waals surface area contributed by atoms with Gasteiger partial charge in [-0.3, -0.25) is 0 Å². The number of unbranched alkanes of at least 4 members (excludes halogenated alkanes) is 14. The molecule has 0 radical (unpaired) electrons. The van der Waals surface area contributed by atoms with Crippen LogP contribution in [0.25, 0.3) is 43.5 Å². The third kappa shape index (κ3) is 6.60. The molecule has 0 aliphatic heterocycles. The Morgan fingerprint density at radius 2 is 1.08 bits per heavy atom. The summed E-state index contributed by atoms with van der Waals surface area (Å²) in [4.78, 5) is 0. The zero-order valence-corrected chi connectivity index (χ0v) is 23.6. The number of aryl methyl sites for hydroxylation is 1. The molecule has 0 amide bonds. The second-order valence-corrected chi connectivity index (χ2v) is 11.5. The quantitative estimate of drug-likeness (QED) is 0.0957. The highest BCUT2D eigenvalue weighted by atomic mass is 16.3. The minimum absolute atomic E-state index is 0.967. The number of rotatable bonds is 16. The van der Waals surface area contributed by atoms with Crippen molar-refractivity contribution in [3.63, 3.8) is 0 Å². The van der Waals surface area contributed by atoms with Crippen LogP contribution in [0, 0.1) is 0 Å². The van der Waals surface area contributed by atoms with Gasteiger partial charge in [-0.15, -0.1) is 0 Å². The van der Waals surface area contributed by atoms with Gasteiger partial charge in [0.1, 0.15) is 11.2 Å². The molecule has 0 aliphatic carbocycles. The predicted molar refractivity (Wildman–Crippen MR) is 167 cm³/mol. The van der Waals surface area contributed by atoms with E-state index in [1.54, 1.807) is 0 Å². The molecule has 1 nitrogen and oxygen atoms in total. The Hall–Kier alpha value is -2.80. The molecule has 200 valence electrons. The largest absolute Gasteiger partial charge is 0.456 e. The van der Waals surface area contributed by atoms with Gasteiger partial charge in [0.05, 0.1) is 0 Å². The van der Waals surface area contributed by atoms with Gasteiger partial charge in [0.15, 0.2) is 0 Å². The Kier molecular flexibility index (Phi) is 9.75. The highest BCUT2D eigenvalue weighted by Crippen LogP contribution is 2.37. The maximum absolute atomic E-state index is 6.11. The van der Waals surface area contributed by atoms with Crippen molar-refractivity contribution in [2.45, 2.75) is 110 Å². The van der Waals surface area contributed by atoms with Crippen molar-refractivity contribution in [3.8, 4) is 0 Å². The molecule has 0 spiro atoms. The molecule has 38 heavy (non-hydrogen) atoms. The van der Waals surface area contributed by atoms with Crippen LogP contribution in [0.2, 0.25) is 0 Å². The lowest BCUT2D eigenvalue weighted by Crippen LogP contribution is -1.88. The molecule has 0 saturated heterocycles. The number of hydrogen-bond donors (Lipinski definition) is 0. The van der Waals surface area contributed by atoms with Crippen molar-refractivity contribution in [1.29, 1.82) is 0 Å². The molecule has 0 bridgehead atoms. The number of furan rings is 1. The number of para-hydroxylation sites is 1. The first kappa shape index (κ1) is 26.8. The van der Waals surface area contributed by atoms with Crippen molar-refractivity contribution in [1.82, 2.24) is 0 Å². The summed E-state index contributed by atoms with van der Waals surface area (Å²) in [7, 11) is 0. The topological polar surface area (TPSA) is 13.1 Å². The first-order valence-electron chi connectivity index (χ1n) is 15.6. The van der Waals surface area contributed by atoms with E-state index >= 15 is 0 Å². The molecule has 0 saturated carbocycles. The maximum Gasteiger partial charge on any atom is 0.136 e. The van der Waals surface area contributed by atoms with Crippen LogP contribution in [0.1, 0.15) is 109 Å². The van der Waals surface area contributed by atoms with E-state index in [-0.39, 0.29) is 0 Å². The second kappa shape index (κ2) is 13.8. The third-order valence-corrected chi connectivity index (χ3v) is 8.49. The predicted octanol–water partition coefficient (Wildman–Crippen LogP) is 12.3. The van der Waals surface area contributed by atoms with E-state index in [9.17, 15) is 0 Å². The standard InChI is InChI=1S/C37H46O/c1-2-3-4-5-6-7-8-9-10-11-12-13-14-15-16-19-29-22-24-31-30(28-29)23-25-33-32(31)26-27-36-37(33)34-20-17-18-21-35(34)38-36/h17-18,20-28H,2-16,19H2,1H3. The van der Waals surface area contributed by atoms with Crippen molar-refractivity contribution < 1.29 is 4.42 Å². The van der Waals surface area contributed by atoms with Crippen LogP contribution >= 0.6 is 0 Å². The van der Waals surface area contributed by atoms with Gasteiger partial charge in [-0.25, -0.2) is 0 Å². The summed E-state index contributed by atoms with van der Waals surface area (Å²) in [5.41, 5.74) is 3.41. The van der Waals surface area contributed by atoms with E-state index in [2.05, 4.69) is 67.6 Å². The first-order chi connectivity index (χ1) is 18.8. The normalized spacial score (nSPS) is 11.9. The Morgan fingerprint density at radius 1 is 0.474 bits per heavy atom. The van der Waals surface area contributed by atoms with E-state index in [1.165, 1.54) is 141 Å². The molecule has 1 aromatic heterocycles. The highest BCUT2D eigenvalue weighted by Gasteiger charge is 2.11. The van der Waals surface area contributed by atoms with Crippen molar-refractivity contribution in [3.05, 3.63) is 72.3 Å². The van der Waals surface area contributed by atoms with Crippen molar-refractivity contribution in [2.24, 2.45) is 0 Å². The summed E-state index contributed by atoms with van der Waals surface area (Å²) in [6, 6.07) is 24.4. The van der Waals surface area contributed by atoms with Gasteiger partial charge in [-0.05, 0) is 52.1 Å². The summed E-state index contributed by atoms with van der Waals surface area (Å²) in [5, 5.41) is 7.74. The lowest BCUT2D eigenvalue weighted by Gasteiger charge is -2.08. The van der Waals surface area contributed by atoms with Crippen molar-refractivity contribution >= 4 is 43.5 Å². The van der Waals surface area contributed by atoms with Crippen LogP contribution in [0.4, 0.5) is 0 Å². The van der Waals surface area contributed by atoms with Crippen LogP contribution < -0.4 is 0 Å². The second-order valence-electron chi connectivity index (χ2n) is 11.5. The van der Waals surface area contributed by atoms with Crippen LogP contribution in [-0.4, -0.2) is 0 Å². The summed E-state index contributed by atoms with van der Waals surface area (Å²) >= 11 is 0. The Morgan fingerprint density at radius 3 is 1.79 bits per heavy atom. The number of fused-ring (bicyclic) bond motifs is 7. The monoisotopic (exact) mass is 506 g/mol. The van der Waals surface area contributed by atoms with Gasteiger partial charge >= 0.3 is 0 Å². The summed E-state index contributed by atoms with van der Waals surface area (Å²) in [6.07, 6.45) is 22.5. The Labute approximate surface area is 229 Å². The fourth-order valence-corrected chi connectivity index (χ4v) is 6.28. The zero-order valence-electron chi connectivity index (χ0n) is 23.6. The van der Waals surface area contributed by atoms with Gasteiger partial charge in [0.2, 0.25) is 0 Å². The minimum atomic E-state index is 0.967. The molecule has 1 heterocycles. The van der Waals surface area contributed by atoms with Crippen LogP contribution in [0.5, 0.6) is 0 Å². The Bertz CT molecular complexity index is 1440. The molecule has 0 N–H and O–H groups in total. The zero-order chi connectivity index (χ0) is 26.0. The van der Waals surface area contributed by atoms with E-state index in [0.717, 1.165) is 11.2 Å². The molecule has 0 atom stereocenters. The van der Waals surface area contributed by atoms with Crippen LogP contribution in [0.3, 0.4) is 0 Å². The molecule has 1 heteroatoms.